The Balaban J connectivity index is 2.61. The van der Waals surface area contributed by atoms with E-state index in [1.807, 2.05) is 6.92 Å². The highest BCUT2D eigenvalue weighted by atomic mass is 32.2. The van der Waals surface area contributed by atoms with Crippen LogP contribution in [-0.2, 0) is 4.79 Å². The van der Waals surface area contributed by atoms with Gasteiger partial charge in [0.1, 0.15) is 5.54 Å². The summed E-state index contributed by atoms with van der Waals surface area (Å²) in [6.45, 7) is 3.32. The zero-order valence-electron chi connectivity index (χ0n) is 8.60. The molecular formula is C9H13N3O2S. The number of aryl methyl sites for hydroxylation is 1. The molecule has 0 saturated heterocycles. The summed E-state index contributed by atoms with van der Waals surface area (Å²) in [5.41, 5.74) is 5.17. The van der Waals surface area contributed by atoms with E-state index in [2.05, 4.69) is 9.97 Å². The first-order valence-electron chi connectivity index (χ1n) is 4.36. The lowest BCUT2D eigenvalue weighted by Crippen LogP contribution is -2.47. The van der Waals surface area contributed by atoms with Gasteiger partial charge < -0.3 is 10.8 Å². The molecule has 6 heteroatoms. The Kier molecular flexibility index (Phi) is 3.65. The second kappa shape index (κ2) is 4.59. The number of rotatable bonds is 4. The van der Waals surface area contributed by atoms with Gasteiger partial charge in [-0.3, -0.25) is 4.79 Å². The van der Waals surface area contributed by atoms with Crippen LogP contribution >= 0.6 is 11.8 Å². The van der Waals surface area contributed by atoms with Gasteiger partial charge in [-0.15, -0.1) is 0 Å². The highest BCUT2D eigenvalue weighted by molar-refractivity contribution is 7.99. The molecule has 15 heavy (non-hydrogen) atoms. The van der Waals surface area contributed by atoms with Crippen LogP contribution in [0.3, 0.4) is 0 Å². The molecule has 1 aromatic rings. The van der Waals surface area contributed by atoms with Gasteiger partial charge in [0.15, 0.2) is 5.16 Å². The summed E-state index contributed by atoms with van der Waals surface area (Å²) in [4.78, 5) is 18.9. The highest BCUT2D eigenvalue weighted by Gasteiger charge is 2.28. The molecule has 3 N–H and O–H groups in total. The maximum atomic E-state index is 10.7. The van der Waals surface area contributed by atoms with E-state index in [1.54, 1.807) is 12.3 Å². The van der Waals surface area contributed by atoms with E-state index in [-0.39, 0.29) is 5.75 Å². The number of aromatic nitrogens is 2. The molecular weight excluding hydrogens is 214 g/mol. The Morgan fingerprint density at radius 1 is 1.73 bits per heavy atom. The quantitative estimate of drug-likeness (QED) is 0.580. The summed E-state index contributed by atoms with van der Waals surface area (Å²) in [5, 5.41) is 9.34. The van der Waals surface area contributed by atoms with Gasteiger partial charge in [-0.1, -0.05) is 11.8 Å². The van der Waals surface area contributed by atoms with Gasteiger partial charge in [0.2, 0.25) is 0 Å². The SMILES string of the molecule is Cc1ccnc(SCC(C)(N)C(=O)O)n1. The Morgan fingerprint density at radius 3 is 2.93 bits per heavy atom. The molecule has 0 aromatic carbocycles. The normalized spacial score (nSPS) is 14.6. The first-order chi connectivity index (χ1) is 6.92. The van der Waals surface area contributed by atoms with E-state index in [1.165, 1.54) is 18.7 Å². The van der Waals surface area contributed by atoms with Gasteiger partial charge in [-0.2, -0.15) is 0 Å². The topological polar surface area (TPSA) is 89.1 Å². The van der Waals surface area contributed by atoms with Gasteiger partial charge >= 0.3 is 5.97 Å². The predicted molar refractivity (Wildman–Crippen MR) is 57.7 cm³/mol. The van der Waals surface area contributed by atoms with Gasteiger partial charge in [-0.25, -0.2) is 9.97 Å². The standard InChI is InChI=1S/C9H13N3O2S/c1-6-3-4-11-8(12-6)15-5-9(2,10)7(13)14/h3-4H,5,10H2,1-2H3,(H,13,14). The van der Waals surface area contributed by atoms with Crippen LogP contribution in [0.5, 0.6) is 0 Å². The monoisotopic (exact) mass is 227 g/mol. The van der Waals surface area contributed by atoms with Gasteiger partial charge in [-0.05, 0) is 19.9 Å². The molecule has 0 aliphatic carbocycles. The first kappa shape index (κ1) is 11.9. The molecule has 0 aliphatic heterocycles. The Bertz CT molecular complexity index is 368. The molecule has 5 nitrogen and oxygen atoms in total. The number of nitrogens with two attached hydrogens (primary N) is 1. The van der Waals surface area contributed by atoms with Crippen LogP contribution < -0.4 is 5.73 Å². The number of carboxylic acids is 1. The summed E-state index contributed by atoms with van der Waals surface area (Å²) in [6, 6.07) is 1.78. The molecule has 0 bridgehead atoms. The van der Waals surface area contributed by atoms with Gasteiger partial charge in [0.05, 0.1) is 0 Å². The third-order valence-electron chi connectivity index (χ3n) is 1.76. The zero-order valence-corrected chi connectivity index (χ0v) is 9.41. The van der Waals surface area contributed by atoms with E-state index < -0.39 is 11.5 Å². The van der Waals surface area contributed by atoms with Crippen molar-refractivity contribution in [2.24, 2.45) is 5.73 Å². The molecule has 0 aliphatic rings. The lowest BCUT2D eigenvalue weighted by Gasteiger charge is -2.17. The molecule has 0 radical (unpaired) electrons. The maximum Gasteiger partial charge on any atom is 0.324 e. The van der Waals surface area contributed by atoms with Crippen molar-refractivity contribution >= 4 is 17.7 Å². The van der Waals surface area contributed by atoms with Gasteiger partial charge in [0, 0.05) is 17.6 Å². The summed E-state index contributed by atoms with van der Waals surface area (Å²) >= 11 is 1.24. The third kappa shape index (κ3) is 3.49. The smallest absolute Gasteiger partial charge is 0.324 e. The van der Waals surface area contributed by atoms with Crippen molar-refractivity contribution in [2.75, 3.05) is 5.75 Å². The minimum atomic E-state index is -1.25. The van der Waals surface area contributed by atoms with Crippen LogP contribution in [0.2, 0.25) is 0 Å². The average Bonchev–Trinajstić information content (AvgIpc) is 2.15. The van der Waals surface area contributed by atoms with Crippen LogP contribution in [0.25, 0.3) is 0 Å². The Hall–Kier alpha value is -1.14. The summed E-state index contributed by atoms with van der Waals surface area (Å²) in [7, 11) is 0. The van der Waals surface area contributed by atoms with E-state index in [4.69, 9.17) is 10.8 Å². The molecule has 0 amide bonds. The Morgan fingerprint density at radius 2 is 2.40 bits per heavy atom. The van der Waals surface area contributed by atoms with E-state index in [0.29, 0.717) is 5.16 Å². The van der Waals surface area contributed by atoms with Crippen molar-refractivity contribution in [2.45, 2.75) is 24.5 Å². The van der Waals surface area contributed by atoms with E-state index in [9.17, 15) is 4.79 Å². The fraction of sp³-hybridized carbons (Fsp3) is 0.444. The lowest BCUT2D eigenvalue weighted by atomic mass is 10.1. The lowest BCUT2D eigenvalue weighted by molar-refractivity contribution is -0.141. The predicted octanol–water partition coefficient (Wildman–Crippen LogP) is 0.679. The van der Waals surface area contributed by atoms with Crippen LogP contribution in [0.4, 0.5) is 0 Å². The minimum Gasteiger partial charge on any atom is -0.480 e. The molecule has 1 atom stereocenters. The largest absolute Gasteiger partial charge is 0.480 e. The fourth-order valence-corrected chi connectivity index (χ4v) is 1.67. The minimum absolute atomic E-state index is 0.242. The van der Waals surface area contributed by atoms with Crippen LogP contribution in [0.15, 0.2) is 17.4 Å². The molecule has 1 rings (SSSR count). The number of hydrogen-bond donors (Lipinski definition) is 2. The van der Waals surface area contributed by atoms with Crippen molar-refractivity contribution in [1.82, 2.24) is 9.97 Å². The summed E-state index contributed by atoms with van der Waals surface area (Å²) < 4.78 is 0. The van der Waals surface area contributed by atoms with Crippen molar-refractivity contribution in [3.8, 4) is 0 Å². The Labute approximate surface area is 92.1 Å². The maximum absolute atomic E-state index is 10.7. The second-order valence-electron chi connectivity index (χ2n) is 3.49. The van der Waals surface area contributed by atoms with Crippen molar-refractivity contribution in [3.05, 3.63) is 18.0 Å². The average molecular weight is 227 g/mol. The molecule has 0 fully saturated rings. The fourth-order valence-electron chi connectivity index (χ4n) is 0.772. The molecule has 1 heterocycles. The molecule has 82 valence electrons. The first-order valence-corrected chi connectivity index (χ1v) is 5.35. The molecule has 0 saturated carbocycles. The van der Waals surface area contributed by atoms with Crippen LogP contribution in [0, 0.1) is 6.92 Å². The molecule has 1 aromatic heterocycles. The number of hydrogen-bond acceptors (Lipinski definition) is 5. The zero-order chi connectivity index (χ0) is 11.5. The number of aliphatic carboxylic acids is 1. The summed E-state index contributed by atoms with van der Waals surface area (Å²) in [6.07, 6.45) is 1.64. The number of thioether (sulfide) groups is 1. The molecule has 1 unspecified atom stereocenters. The van der Waals surface area contributed by atoms with Crippen LogP contribution in [0.1, 0.15) is 12.6 Å². The number of carboxylic acid groups (broad SMARTS) is 1. The van der Waals surface area contributed by atoms with E-state index >= 15 is 0 Å². The molecule has 0 spiro atoms. The summed E-state index contributed by atoms with van der Waals surface area (Å²) in [5.74, 6) is -0.783. The number of nitrogens with zero attached hydrogens (tertiary/aromatic N) is 2. The highest BCUT2D eigenvalue weighted by Crippen LogP contribution is 2.17. The van der Waals surface area contributed by atoms with Gasteiger partial charge in [0.25, 0.3) is 0 Å². The number of carbonyl (C=O) groups is 1. The van der Waals surface area contributed by atoms with Crippen molar-refractivity contribution < 1.29 is 9.90 Å². The third-order valence-corrected chi connectivity index (χ3v) is 2.96. The van der Waals surface area contributed by atoms with Crippen LogP contribution in [-0.4, -0.2) is 32.3 Å². The van der Waals surface area contributed by atoms with Crippen molar-refractivity contribution in [3.63, 3.8) is 0 Å². The second-order valence-corrected chi connectivity index (χ2v) is 4.43. The van der Waals surface area contributed by atoms with E-state index in [0.717, 1.165) is 5.69 Å². The van der Waals surface area contributed by atoms with Crippen molar-refractivity contribution in [1.29, 1.82) is 0 Å².